The molecule has 0 radical (unpaired) electrons. The summed E-state index contributed by atoms with van der Waals surface area (Å²) in [6.07, 6.45) is 0.745. The molecule has 7 bridgehead atoms. The largest absolute Gasteiger partial charge is 0.392 e. The molecule has 5 saturated carbocycles. The fourth-order valence-electron chi connectivity index (χ4n) is 10.4. The zero-order valence-corrected chi connectivity index (χ0v) is 19.2. The van der Waals surface area contributed by atoms with Crippen molar-refractivity contribution in [3.8, 4) is 0 Å². The van der Waals surface area contributed by atoms with E-state index < -0.39 is 41.0 Å². The van der Waals surface area contributed by atoms with Gasteiger partial charge in [0.25, 0.3) is 0 Å². The van der Waals surface area contributed by atoms with Gasteiger partial charge in [-0.3, -0.25) is 0 Å². The minimum absolute atomic E-state index is 0.0180. The highest BCUT2D eigenvalue weighted by Crippen LogP contribution is 2.80. The topological polar surface area (TPSA) is 101 Å². The van der Waals surface area contributed by atoms with E-state index in [9.17, 15) is 15.3 Å². The molecule has 31 heavy (non-hydrogen) atoms. The zero-order chi connectivity index (χ0) is 22.1. The summed E-state index contributed by atoms with van der Waals surface area (Å²) in [5, 5.41) is 38.1. The molecule has 176 valence electrons. The molecule has 1 saturated heterocycles. The van der Waals surface area contributed by atoms with Crippen molar-refractivity contribution in [2.24, 2.45) is 34.5 Å². The number of methoxy groups -OCH3 is 3. The predicted molar refractivity (Wildman–Crippen MR) is 109 cm³/mol. The summed E-state index contributed by atoms with van der Waals surface area (Å²) < 4.78 is 18.4. The van der Waals surface area contributed by atoms with Gasteiger partial charge in [-0.25, -0.2) is 0 Å². The maximum Gasteiger partial charge on any atom is 0.139 e. The standard InChI is InChI=1S/C23H37NO7/c1-20-7-6-14(25)22-12-8-11-13(28-2)9-21(30-4,15(12)16(11)26)23(27,18(29-3)17(20)22)19(22)24(10-20)31-5/h11-19,25-27H,6-10H2,1-5H3/t11-,12-,13?,14?,15-,16?,17-,18?,19+,20+,21-,22+,23-/m1/s1. The lowest BCUT2D eigenvalue weighted by molar-refractivity contribution is -0.363. The number of hydrogen-bond donors (Lipinski definition) is 3. The summed E-state index contributed by atoms with van der Waals surface area (Å²) in [5.74, 6) is -0.384. The number of hydrogen-bond acceptors (Lipinski definition) is 8. The van der Waals surface area contributed by atoms with Gasteiger partial charge in [-0.1, -0.05) is 6.92 Å². The molecular weight excluding hydrogens is 402 g/mol. The lowest BCUT2D eigenvalue weighted by Gasteiger charge is -2.69. The minimum atomic E-state index is -1.46. The SMILES string of the molecule is COC1C[C@@]2(OC)[C@H]3C(O)[C@@H]1C[C@H]3[C@@]13C(O)CC[C@@]4(C)CN(OC)[C@@H]1[C@]2(O)C(OC)[C@H]43. The highest BCUT2D eigenvalue weighted by Gasteiger charge is 2.91. The number of hydroxylamine groups is 2. The monoisotopic (exact) mass is 439 g/mol. The van der Waals surface area contributed by atoms with Gasteiger partial charge in [0.05, 0.1) is 37.6 Å². The van der Waals surface area contributed by atoms with Crippen LogP contribution in [0.5, 0.6) is 0 Å². The Balaban J connectivity index is 1.69. The van der Waals surface area contributed by atoms with Gasteiger partial charge in [0, 0.05) is 57.5 Å². The van der Waals surface area contributed by atoms with Crippen LogP contribution in [0.1, 0.15) is 32.6 Å². The van der Waals surface area contributed by atoms with Gasteiger partial charge >= 0.3 is 0 Å². The third-order valence-corrected chi connectivity index (χ3v) is 11.0. The van der Waals surface area contributed by atoms with E-state index in [1.807, 2.05) is 5.06 Å². The Hall–Kier alpha value is -0.320. The van der Waals surface area contributed by atoms with Crippen LogP contribution in [-0.4, -0.2) is 97.0 Å². The number of rotatable bonds is 4. The van der Waals surface area contributed by atoms with Gasteiger partial charge in [-0.2, -0.15) is 5.06 Å². The maximum atomic E-state index is 12.9. The molecule has 6 rings (SSSR count). The summed E-state index contributed by atoms with van der Waals surface area (Å²) >= 11 is 0. The van der Waals surface area contributed by atoms with Crippen LogP contribution >= 0.6 is 0 Å². The second-order valence-electron chi connectivity index (χ2n) is 11.4. The molecule has 0 aromatic carbocycles. The third-order valence-electron chi connectivity index (χ3n) is 11.0. The van der Waals surface area contributed by atoms with Crippen molar-refractivity contribution in [3.05, 3.63) is 0 Å². The van der Waals surface area contributed by atoms with Crippen molar-refractivity contribution in [2.75, 3.05) is 35.0 Å². The third kappa shape index (κ3) is 1.89. The number of fused-ring (bicyclic) bond motifs is 2. The molecule has 3 N–H and O–H groups in total. The Morgan fingerprint density at radius 2 is 1.81 bits per heavy atom. The van der Waals surface area contributed by atoms with E-state index in [0.717, 1.165) is 12.8 Å². The molecule has 1 heterocycles. The highest BCUT2D eigenvalue weighted by molar-refractivity contribution is 5.40. The summed E-state index contributed by atoms with van der Waals surface area (Å²) in [4.78, 5) is 5.94. The van der Waals surface area contributed by atoms with Crippen LogP contribution in [0.2, 0.25) is 0 Å². The lowest BCUT2D eigenvalue weighted by Crippen LogP contribution is -2.81. The first-order chi connectivity index (χ1) is 14.7. The van der Waals surface area contributed by atoms with Crippen molar-refractivity contribution < 1.29 is 34.4 Å². The number of ether oxygens (including phenoxy) is 3. The molecule has 8 nitrogen and oxygen atoms in total. The lowest BCUT2D eigenvalue weighted by atomic mass is 9.43. The van der Waals surface area contributed by atoms with E-state index in [2.05, 4.69) is 6.92 Å². The van der Waals surface area contributed by atoms with Crippen LogP contribution in [0, 0.1) is 34.5 Å². The van der Waals surface area contributed by atoms with Gasteiger partial charge in [-0.05, 0) is 30.6 Å². The molecule has 5 aliphatic carbocycles. The molecule has 6 fully saturated rings. The Kier molecular flexibility index (Phi) is 4.26. The first-order valence-electron chi connectivity index (χ1n) is 11.7. The zero-order valence-electron chi connectivity index (χ0n) is 19.2. The molecule has 1 spiro atoms. The fraction of sp³-hybridized carbons (Fsp3) is 1.00. The van der Waals surface area contributed by atoms with Crippen LogP contribution in [0.25, 0.3) is 0 Å². The average Bonchev–Trinajstić information content (AvgIpc) is 3.11. The van der Waals surface area contributed by atoms with Crippen LogP contribution in [0.15, 0.2) is 0 Å². The molecule has 0 aromatic rings. The Morgan fingerprint density at radius 3 is 2.42 bits per heavy atom. The minimum Gasteiger partial charge on any atom is -0.392 e. The van der Waals surface area contributed by atoms with E-state index in [4.69, 9.17) is 19.0 Å². The molecule has 0 amide bonds. The van der Waals surface area contributed by atoms with Crippen LogP contribution in [0.4, 0.5) is 0 Å². The second kappa shape index (κ2) is 6.21. The molecular formula is C23H37NO7. The number of aliphatic hydroxyl groups excluding tert-OH is 2. The normalized spacial score (nSPS) is 64.1. The highest BCUT2D eigenvalue weighted by atomic mass is 16.7. The molecule has 6 aliphatic rings. The number of nitrogens with zero attached hydrogens (tertiary/aromatic N) is 1. The van der Waals surface area contributed by atoms with Crippen LogP contribution in [0.3, 0.4) is 0 Å². The van der Waals surface area contributed by atoms with E-state index in [1.54, 1.807) is 28.4 Å². The van der Waals surface area contributed by atoms with Gasteiger partial charge in [0.2, 0.25) is 0 Å². The van der Waals surface area contributed by atoms with Gasteiger partial charge < -0.3 is 34.4 Å². The quantitative estimate of drug-likeness (QED) is 0.571. The van der Waals surface area contributed by atoms with Crippen molar-refractivity contribution >= 4 is 0 Å². The average molecular weight is 440 g/mol. The number of piperidine rings is 1. The molecule has 13 atom stereocenters. The van der Waals surface area contributed by atoms with Gasteiger partial charge in [0.15, 0.2) is 0 Å². The number of aliphatic hydroxyl groups is 3. The first kappa shape index (κ1) is 21.2. The van der Waals surface area contributed by atoms with Crippen molar-refractivity contribution in [1.29, 1.82) is 0 Å². The summed E-state index contributed by atoms with van der Waals surface area (Å²) in [5.41, 5.74) is -3.34. The Morgan fingerprint density at radius 1 is 1.06 bits per heavy atom. The molecule has 1 aliphatic heterocycles. The first-order valence-corrected chi connectivity index (χ1v) is 11.7. The van der Waals surface area contributed by atoms with Crippen molar-refractivity contribution in [2.45, 2.75) is 74.3 Å². The Labute approximate surface area is 183 Å². The van der Waals surface area contributed by atoms with E-state index in [1.165, 1.54) is 0 Å². The summed E-state index contributed by atoms with van der Waals surface area (Å²) in [6.45, 7) is 2.92. The fourth-order valence-corrected chi connectivity index (χ4v) is 10.4. The van der Waals surface area contributed by atoms with E-state index in [0.29, 0.717) is 19.4 Å². The predicted octanol–water partition coefficient (Wildman–Crippen LogP) is 0.186. The summed E-state index contributed by atoms with van der Waals surface area (Å²) in [7, 11) is 6.62. The molecule has 4 unspecified atom stereocenters. The molecule has 0 aromatic heterocycles. The van der Waals surface area contributed by atoms with Crippen molar-refractivity contribution in [1.82, 2.24) is 5.06 Å². The second-order valence-corrected chi connectivity index (χ2v) is 11.4. The van der Waals surface area contributed by atoms with Gasteiger partial charge in [0.1, 0.15) is 11.2 Å². The van der Waals surface area contributed by atoms with Gasteiger partial charge in [-0.15, -0.1) is 0 Å². The molecule has 8 heteroatoms. The van der Waals surface area contributed by atoms with Crippen LogP contribution in [-0.2, 0) is 19.0 Å². The summed E-state index contributed by atoms with van der Waals surface area (Å²) in [6, 6.07) is -0.480. The van der Waals surface area contributed by atoms with E-state index >= 15 is 0 Å². The van der Waals surface area contributed by atoms with E-state index in [-0.39, 0.29) is 35.2 Å². The smallest absolute Gasteiger partial charge is 0.139 e. The van der Waals surface area contributed by atoms with Crippen molar-refractivity contribution in [3.63, 3.8) is 0 Å². The maximum absolute atomic E-state index is 12.9. The Bertz CT molecular complexity index is 783. The van der Waals surface area contributed by atoms with Crippen LogP contribution < -0.4 is 0 Å².